The summed E-state index contributed by atoms with van der Waals surface area (Å²) in [7, 11) is -3.31. The number of hydrogen-bond donors (Lipinski definition) is 2. The molecule has 1 aliphatic rings. The van der Waals surface area contributed by atoms with E-state index in [2.05, 4.69) is 10.0 Å². The molecular formula is C11H25N3O2S2. The van der Waals surface area contributed by atoms with Crippen molar-refractivity contribution in [2.24, 2.45) is 0 Å². The molecule has 1 heterocycles. The van der Waals surface area contributed by atoms with Crippen molar-refractivity contribution in [3.8, 4) is 0 Å². The summed E-state index contributed by atoms with van der Waals surface area (Å²) in [5, 5.41) is 3.25. The van der Waals surface area contributed by atoms with Crippen LogP contribution < -0.4 is 10.0 Å². The maximum Gasteiger partial charge on any atom is 0.279 e. The van der Waals surface area contributed by atoms with Crippen molar-refractivity contribution in [1.82, 2.24) is 14.3 Å². The van der Waals surface area contributed by atoms with E-state index in [1.807, 2.05) is 13.2 Å². The second kappa shape index (κ2) is 8.37. The topological polar surface area (TPSA) is 61.4 Å². The molecule has 1 atom stereocenters. The smallest absolute Gasteiger partial charge is 0.279 e. The summed E-state index contributed by atoms with van der Waals surface area (Å²) < 4.78 is 28.7. The van der Waals surface area contributed by atoms with Gasteiger partial charge in [0.2, 0.25) is 0 Å². The molecule has 1 fully saturated rings. The maximum absolute atomic E-state index is 12.2. The Kier molecular flexibility index (Phi) is 7.55. The lowest BCUT2D eigenvalue weighted by molar-refractivity contribution is 0.244. The molecule has 108 valence electrons. The first-order chi connectivity index (χ1) is 8.61. The van der Waals surface area contributed by atoms with Gasteiger partial charge in [-0.1, -0.05) is 13.3 Å². The third-order valence-electron chi connectivity index (χ3n) is 3.10. The summed E-state index contributed by atoms with van der Waals surface area (Å²) in [6.07, 6.45) is 5.01. The summed E-state index contributed by atoms with van der Waals surface area (Å²) in [5.74, 6) is 0.810. The highest BCUT2D eigenvalue weighted by atomic mass is 32.2. The third-order valence-corrected chi connectivity index (χ3v) is 5.38. The lowest BCUT2D eigenvalue weighted by atomic mass is 10.1. The van der Waals surface area contributed by atoms with Gasteiger partial charge < -0.3 is 5.32 Å². The van der Waals surface area contributed by atoms with Crippen LogP contribution in [0.1, 0.15) is 26.2 Å². The molecule has 1 aliphatic heterocycles. The summed E-state index contributed by atoms with van der Waals surface area (Å²) in [6, 6.07) is 0.102. The van der Waals surface area contributed by atoms with E-state index < -0.39 is 10.2 Å². The molecule has 0 radical (unpaired) electrons. The molecule has 2 N–H and O–H groups in total. The summed E-state index contributed by atoms with van der Waals surface area (Å²) in [4.78, 5) is 0. The van der Waals surface area contributed by atoms with Crippen molar-refractivity contribution in [3.63, 3.8) is 0 Å². The van der Waals surface area contributed by atoms with Gasteiger partial charge in [-0.15, -0.1) is 0 Å². The molecule has 0 saturated carbocycles. The van der Waals surface area contributed by atoms with E-state index in [1.165, 1.54) is 0 Å². The van der Waals surface area contributed by atoms with Gasteiger partial charge in [-0.05, 0) is 25.6 Å². The molecule has 0 spiro atoms. The average molecular weight is 295 g/mol. The fourth-order valence-corrected chi connectivity index (χ4v) is 4.06. The second-order valence-corrected chi connectivity index (χ2v) is 7.15. The van der Waals surface area contributed by atoms with Crippen LogP contribution in [0.15, 0.2) is 0 Å². The van der Waals surface area contributed by atoms with E-state index in [-0.39, 0.29) is 6.04 Å². The van der Waals surface area contributed by atoms with Gasteiger partial charge in [0, 0.05) is 31.4 Å². The van der Waals surface area contributed by atoms with E-state index in [0.29, 0.717) is 13.1 Å². The minimum absolute atomic E-state index is 0.102. The lowest BCUT2D eigenvalue weighted by Gasteiger charge is -2.34. The van der Waals surface area contributed by atoms with E-state index >= 15 is 0 Å². The number of nitrogens with zero attached hydrogens (tertiary/aromatic N) is 1. The summed E-state index contributed by atoms with van der Waals surface area (Å²) in [5.41, 5.74) is 0. The van der Waals surface area contributed by atoms with Gasteiger partial charge in [0.15, 0.2) is 0 Å². The highest BCUT2D eigenvalue weighted by Crippen LogP contribution is 2.19. The molecule has 1 saturated heterocycles. The number of nitrogens with one attached hydrogen (secondary N) is 2. The van der Waals surface area contributed by atoms with Gasteiger partial charge in [0.05, 0.1) is 0 Å². The van der Waals surface area contributed by atoms with Gasteiger partial charge >= 0.3 is 0 Å². The summed E-state index contributed by atoms with van der Waals surface area (Å²) >= 11 is 1.65. The standard InChI is InChI=1S/C11H25N3O2S2/c1-3-12-10-11-6-4-5-8-14(11)18(15,16)13-7-9-17-2/h11-13H,3-10H2,1-2H3. The molecule has 0 aromatic carbocycles. The fourth-order valence-electron chi connectivity index (χ4n) is 2.16. The Bertz CT molecular complexity index is 322. The highest BCUT2D eigenvalue weighted by Gasteiger charge is 2.31. The number of piperidine rings is 1. The Morgan fingerprint density at radius 1 is 1.39 bits per heavy atom. The Labute approximate surface area is 115 Å². The third kappa shape index (κ3) is 5.05. The van der Waals surface area contributed by atoms with Crippen LogP contribution in [0, 0.1) is 0 Å². The van der Waals surface area contributed by atoms with Gasteiger partial charge in [-0.25, -0.2) is 4.72 Å². The van der Waals surface area contributed by atoms with E-state index in [9.17, 15) is 8.42 Å². The molecule has 1 unspecified atom stereocenters. The zero-order chi connectivity index (χ0) is 13.4. The Morgan fingerprint density at radius 2 is 2.17 bits per heavy atom. The summed E-state index contributed by atoms with van der Waals surface area (Å²) in [6.45, 7) is 4.82. The van der Waals surface area contributed by atoms with Crippen LogP contribution in [-0.2, 0) is 10.2 Å². The molecule has 0 amide bonds. The van der Waals surface area contributed by atoms with Crippen molar-refractivity contribution in [3.05, 3.63) is 0 Å². The van der Waals surface area contributed by atoms with Crippen molar-refractivity contribution in [2.45, 2.75) is 32.2 Å². The molecule has 0 aromatic heterocycles. The van der Waals surface area contributed by atoms with Crippen molar-refractivity contribution < 1.29 is 8.42 Å². The van der Waals surface area contributed by atoms with Crippen LogP contribution in [0.2, 0.25) is 0 Å². The molecule has 7 heteroatoms. The maximum atomic E-state index is 12.2. The zero-order valence-electron chi connectivity index (χ0n) is 11.3. The average Bonchev–Trinajstić information content (AvgIpc) is 2.37. The minimum Gasteiger partial charge on any atom is -0.315 e. The van der Waals surface area contributed by atoms with Crippen molar-refractivity contribution >= 4 is 22.0 Å². The van der Waals surface area contributed by atoms with E-state index in [4.69, 9.17) is 0 Å². The first-order valence-electron chi connectivity index (χ1n) is 6.58. The Morgan fingerprint density at radius 3 is 2.83 bits per heavy atom. The predicted molar refractivity (Wildman–Crippen MR) is 78.2 cm³/mol. The van der Waals surface area contributed by atoms with Crippen LogP contribution in [0.25, 0.3) is 0 Å². The van der Waals surface area contributed by atoms with E-state index in [0.717, 1.165) is 38.1 Å². The Hall–Kier alpha value is 0.180. The van der Waals surface area contributed by atoms with E-state index in [1.54, 1.807) is 16.1 Å². The van der Waals surface area contributed by atoms with Crippen LogP contribution in [0.5, 0.6) is 0 Å². The van der Waals surface area contributed by atoms with Gasteiger partial charge in [0.1, 0.15) is 0 Å². The second-order valence-electron chi connectivity index (χ2n) is 4.46. The number of hydrogen-bond acceptors (Lipinski definition) is 4. The molecule has 0 aliphatic carbocycles. The molecule has 18 heavy (non-hydrogen) atoms. The van der Waals surface area contributed by atoms with Crippen molar-refractivity contribution in [1.29, 1.82) is 0 Å². The quantitative estimate of drug-likeness (QED) is 0.646. The van der Waals surface area contributed by atoms with Crippen LogP contribution >= 0.6 is 11.8 Å². The molecule has 0 aromatic rings. The largest absolute Gasteiger partial charge is 0.315 e. The van der Waals surface area contributed by atoms with Crippen LogP contribution in [0.4, 0.5) is 0 Å². The molecule has 5 nitrogen and oxygen atoms in total. The normalized spacial score (nSPS) is 22.2. The molecular weight excluding hydrogens is 270 g/mol. The zero-order valence-corrected chi connectivity index (χ0v) is 12.9. The number of likely N-dealkylation sites (N-methyl/N-ethyl adjacent to an activating group) is 1. The van der Waals surface area contributed by atoms with Gasteiger partial charge in [-0.2, -0.15) is 24.5 Å². The fraction of sp³-hybridized carbons (Fsp3) is 1.00. The first kappa shape index (κ1) is 16.2. The van der Waals surface area contributed by atoms with Gasteiger partial charge in [0.25, 0.3) is 10.2 Å². The van der Waals surface area contributed by atoms with Crippen LogP contribution in [-0.4, -0.2) is 57.0 Å². The van der Waals surface area contributed by atoms with Gasteiger partial charge in [-0.3, -0.25) is 0 Å². The molecule has 0 bridgehead atoms. The number of thioether (sulfide) groups is 1. The SMILES string of the molecule is CCNCC1CCCCN1S(=O)(=O)NCCSC. The predicted octanol–water partition coefficient (Wildman–Crippen LogP) is 0.648. The van der Waals surface area contributed by atoms with Crippen LogP contribution in [0.3, 0.4) is 0 Å². The number of rotatable bonds is 8. The first-order valence-corrected chi connectivity index (χ1v) is 9.41. The Balaban J connectivity index is 2.57. The minimum atomic E-state index is -3.31. The highest BCUT2D eigenvalue weighted by molar-refractivity contribution is 7.98. The van der Waals surface area contributed by atoms with Crippen molar-refractivity contribution in [2.75, 3.05) is 38.2 Å². The lowest BCUT2D eigenvalue weighted by Crippen LogP contribution is -2.52. The molecule has 1 rings (SSSR count). The monoisotopic (exact) mass is 295 g/mol.